The van der Waals surface area contributed by atoms with E-state index in [4.69, 9.17) is 23.2 Å². The first-order valence-electron chi connectivity index (χ1n) is 9.18. The Balaban J connectivity index is 1.54. The van der Waals surface area contributed by atoms with E-state index in [0.717, 1.165) is 24.8 Å². The van der Waals surface area contributed by atoms with Gasteiger partial charge in [-0.05, 0) is 72.9 Å². The highest BCUT2D eigenvalue weighted by atomic mass is 35.5. The molecular weight excluding hydrogens is 416 g/mol. The lowest BCUT2D eigenvalue weighted by molar-refractivity contribution is 0.0822. The van der Waals surface area contributed by atoms with Gasteiger partial charge >= 0.3 is 0 Å². The molecule has 0 unspecified atom stereocenters. The SMILES string of the molecule is Cc1nnnn1-c1ccc(C(=O)NC2(Cc3ccc(Cl)cc3Cl)CCC2)c(F)c1. The molecule has 0 spiro atoms. The number of rotatable bonds is 5. The predicted octanol–water partition coefficient (Wildman–Crippen LogP) is 4.31. The summed E-state index contributed by atoms with van der Waals surface area (Å²) in [6.45, 7) is 1.71. The summed E-state index contributed by atoms with van der Waals surface area (Å²) in [7, 11) is 0. The smallest absolute Gasteiger partial charge is 0.254 e. The van der Waals surface area contributed by atoms with Crippen LogP contribution in [0.4, 0.5) is 4.39 Å². The summed E-state index contributed by atoms with van der Waals surface area (Å²) in [5.41, 5.74) is 0.897. The highest BCUT2D eigenvalue weighted by molar-refractivity contribution is 6.35. The molecule has 3 aromatic rings. The highest BCUT2D eigenvalue weighted by Crippen LogP contribution is 2.37. The number of nitrogens with one attached hydrogen (secondary N) is 1. The van der Waals surface area contributed by atoms with Crippen molar-refractivity contribution in [2.24, 2.45) is 0 Å². The molecule has 0 aliphatic heterocycles. The molecule has 29 heavy (non-hydrogen) atoms. The van der Waals surface area contributed by atoms with E-state index in [-0.39, 0.29) is 5.56 Å². The minimum Gasteiger partial charge on any atom is -0.346 e. The first-order chi connectivity index (χ1) is 13.9. The van der Waals surface area contributed by atoms with Crippen molar-refractivity contribution in [1.29, 1.82) is 0 Å². The first kappa shape index (κ1) is 19.8. The van der Waals surface area contributed by atoms with Gasteiger partial charge in [0.05, 0.1) is 11.3 Å². The molecule has 150 valence electrons. The zero-order chi connectivity index (χ0) is 20.6. The van der Waals surface area contributed by atoms with Crippen LogP contribution in [0.15, 0.2) is 36.4 Å². The number of carbonyl (C=O) groups is 1. The number of aryl methyl sites for hydroxylation is 1. The minimum absolute atomic E-state index is 0.0204. The van der Waals surface area contributed by atoms with Gasteiger partial charge in [0.2, 0.25) is 0 Å². The van der Waals surface area contributed by atoms with Crippen LogP contribution in [0.5, 0.6) is 0 Å². The molecule has 1 amide bonds. The lowest BCUT2D eigenvalue weighted by atomic mass is 9.72. The lowest BCUT2D eigenvalue weighted by Gasteiger charge is -2.43. The topological polar surface area (TPSA) is 72.7 Å². The van der Waals surface area contributed by atoms with Crippen LogP contribution in [0.2, 0.25) is 10.0 Å². The van der Waals surface area contributed by atoms with Crippen LogP contribution >= 0.6 is 23.2 Å². The predicted molar refractivity (Wildman–Crippen MR) is 108 cm³/mol. The molecule has 1 fully saturated rings. The molecule has 1 aromatic heterocycles. The molecule has 1 aliphatic carbocycles. The van der Waals surface area contributed by atoms with E-state index in [2.05, 4.69) is 20.8 Å². The third kappa shape index (κ3) is 3.97. The number of aromatic nitrogens is 4. The summed E-state index contributed by atoms with van der Waals surface area (Å²) in [5, 5.41) is 15.3. The number of hydrogen-bond acceptors (Lipinski definition) is 4. The number of amides is 1. The summed E-state index contributed by atoms with van der Waals surface area (Å²) in [6, 6.07) is 9.64. The number of hydrogen-bond donors (Lipinski definition) is 1. The van der Waals surface area contributed by atoms with E-state index in [0.29, 0.717) is 28.0 Å². The number of nitrogens with zero attached hydrogens (tertiary/aromatic N) is 4. The second-order valence-electron chi connectivity index (χ2n) is 7.30. The van der Waals surface area contributed by atoms with Gasteiger partial charge in [-0.1, -0.05) is 29.3 Å². The van der Waals surface area contributed by atoms with Crippen LogP contribution in [0, 0.1) is 12.7 Å². The van der Waals surface area contributed by atoms with E-state index >= 15 is 0 Å². The molecule has 1 N–H and O–H groups in total. The van der Waals surface area contributed by atoms with Gasteiger partial charge in [-0.2, -0.15) is 4.68 Å². The maximum Gasteiger partial charge on any atom is 0.254 e. The van der Waals surface area contributed by atoms with Gasteiger partial charge in [-0.25, -0.2) is 4.39 Å². The van der Waals surface area contributed by atoms with E-state index in [1.165, 1.54) is 16.8 Å². The van der Waals surface area contributed by atoms with Crippen molar-refractivity contribution < 1.29 is 9.18 Å². The fraction of sp³-hybridized carbons (Fsp3) is 0.300. The van der Waals surface area contributed by atoms with Crippen molar-refractivity contribution in [2.45, 2.75) is 38.1 Å². The average Bonchev–Trinajstić information content (AvgIpc) is 3.07. The van der Waals surface area contributed by atoms with Crippen molar-refractivity contribution in [3.8, 4) is 5.69 Å². The van der Waals surface area contributed by atoms with Gasteiger partial charge in [0.1, 0.15) is 5.82 Å². The zero-order valence-electron chi connectivity index (χ0n) is 15.6. The maximum atomic E-state index is 14.7. The van der Waals surface area contributed by atoms with Crippen molar-refractivity contribution in [1.82, 2.24) is 25.5 Å². The van der Waals surface area contributed by atoms with E-state index in [9.17, 15) is 9.18 Å². The van der Waals surface area contributed by atoms with Gasteiger partial charge in [0.15, 0.2) is 5.82 Å². The Hall–Kier alpha value is -2.51. The molecule has 6 nitrogen and oxygen atoms in total. The normalized spacial score (nSPS) is 15.0. The summed E-state index contributed by atoms with van der Waals surface area (Å²) in [5.74, 6) is -0.559. The van der Waals surface area contributed by atoms with Crippen LogP contribution in [-0.4, -0.2) is 31.7 Å². The van der Waals surface area contributed by atoms with Crippen molar-refractivity contribution >= 4 is 29.1 Å². The molecule has 0 bridgehead atoms. The standard InChI is InChI=1S/C20H18Cl2FN5O/c1-12-25-26-27-28(12)15-5-6-16(18(23)10-15)19(29)24-20(7-2-8-20)11-13-3-4-14(21)9-17(13)22/h3-6,9-10H,2,7-8,11H2,1H3,(H,24,29). The Morgan fingerprint density at radius 2 is 2.03 bits per heavy atom. The van der Waals surface area contributed by atoms with Crippen molar-refractivity contribution in [2.75, 3.05) is 0 Å². The summed E-state index contributed by atoms with van der Waals surface area (Å²) < 4.78 is 16.1. The van der Waals surface area contributed by atoms with E-state index in [1.807, 2.05) is 6.07 Å². The fourth-order valence-electron chi connectivity index (χ4n) is 3.58. The molecular formula is C20H18Cl2FN5O. The molecule has 1 saturated carbocycles. The second kappa shape index (κ2) is 7.72. The van der Waals surface area contributed by atoms with Crippen molar-refractivity contribution in [3.63, 3.8) is 0 Å². The van der Waals surface area contributed by atoms with Gasteiger partial charge < -0.3 is 5.32 Å². The fourth-order valence-corrected chi connectivity index (χ4v) is 4.05. The van der Waals surface area contributed by atoms with Gasteiger partial charge in [0.25, 0.3) is 5.91 Å². The molecule has 4 rings (SSSR count). The summed E-state index contributed by atoms with van der Waals surface area (Å²) in [6.07, 6.45) is 3.17. The van der Waals surface area contributed by atoms with Crippen molar-refractivity contribution in [3.05, 3.63) is 69.2 Å². The molecule has 9 heteroatoms. The van der Waals surface area contributed by atoms with Crippen LogP contribution < -0.4 is 5.32 Å². The Bertz CT molecular complexity index is 1080. The third-order valence-electron chi connectivity index (χ3n) is 5.30. The molecule has 0 atom stereocenters. The largest absolute Gasteiger partial charge is 0.346 e. The maximum absolute atomic E-state index is 14.7. The Kier molecular flexibility index (Phi) is 5.27. The number of halogens is 3. The molecule has 1 aliphatic rings. The minimum atomic E-state index is -0.631. The van der Waals surface area contributed by atoms with Crippen LogP contribution in [0.1, 0.15) is 41.0 Å². The van der Waals surface area contributed by atoms with E-state index in [1.54, 1.807) is 25.1 Å². The van der Waals surface area contributed by atoms with Gasteiger partial charge in [0, 0.05) is 21.7 Å². The van der Waals surface area contributed by atoms with E-state index < -0.39 is 17.3 Å². The number of benzene rings is 2. The number of carbonyl (C=O) groups excluding carboxylic acids is 1. The van der Waals surface area contributed by atoms with Gasteiger partial charge in [-0.3, -0.25) is 4.79 Å². The van der Waals surface area contributed by atoms with Gasteiger partial charge in [-0.15, -0.1) is 5.10 Å². The monoisotopic (exact) mass is 433 g/mol. The molecule has 0 radical (unpaired) electrons. The molecule has 1 heterocycles. The quantitative estimate of drug-likeness (QED) is 0.650. The lowest BCUT2D eigenvalue weighted by Crippen LogP contribution is -2.55. The Morgan fingerprint density at radius 1 is 1.24 bits per heavy atom. The summed E-state index contributed by atoms with van der Waals surface area (Å²) in [4.78, 5) is 12.8. The first-order valence-corrected chi connectivity index (χ1v) is 9.94. The molecule has 0 saturated heterocycles. The second-order valence-corrected chi connectivity index (χ2v) is 8.15. The highest BCUT2D eigenvalue weighted by Gasteiger charge is 2.39. The molecule has 2 aromatic carbocycles. The Labute approximate surface area is 177 Å². The number of tetrazole rings is 1. The average molecular weight is 434 g/mol. The summed E-state index contributed by atoms with van der Waals surface area (Å²) >= 11 is 12.3. The third-order valence-corrected chi connectivity index (χ3v) is 5.89. The van der Waals surface area contributed by atoms with Crippen LogP contribution in [0.3, 0.4) is 0 Å². The van der Waals surface area contributed by atoms with Crippen LogP contribution in [-0.2, 0) is 6.42 Å². The Morgan fingerprint density at radius 3 is 2.62 bits per heavy atom. The van der Waals surface area contributed by atoms with Crippen LogP contribution in [0.25, 0.3) is 5.69 Å². The zero-order valence-corrected chi connectivity index (χ0v) is 17.1.